The minimum Gasteiger partial charge on any atom is -0.309 e. The van der Waals surface area contributed by atoms with E-state index in [4.69, 9.17) is 15.0 Å². The van der Waals surface area contributed by atoms with Crippen molar-refractivity contribution in [2.24, 2.45) is 0 Å². The second-order valence-corrected chi connectivity index (χ2v) is 14.9. The zero-order chi connectivity index (χ0) is 39.1. The largest absolute Gasteiger partial charge is 0.309 e. The Hall–Kier alpha value is -7.95. The third-order valence-corrected chi connectivity index (χ3v) is 11.2. The molecule has 0 spiro atoms. The van der Waals surface area contributed by atoms with Gasteiger partial charge in [-0.25, -0.2) is 15.0 Å². The van der Waals surface area contributed by atoms with Gasteiger partial charge in [0.05, 0.1) is 16.7 Å². The Labute approximate surface area is 342 Å². The van der Waals surface area contributed by atoms with Crippen LogP contribution in [0.3, 0.4) is 0 Å². The fourth-order valence-electron chi connectivity index (χ4n) is 8.32. The Morgan fingerprint density at radius 2 is 0.695 bits per heavy atom. The van der Waals surface area contributed by atoms with E-state index in [1.54, 1.807) is 0 Å². The lowest BCUT2D eigenvalue weighted by Gasteiger charge is -2.17. The standard InChI is InChI=1S/C55H36N4/c1-4-15-37(16-5-1)40-21-14-22-44(34-40)47-32-31-46(36-52(47)59-50-25-12-10-23-48(50)49-24-11-13-26-51(49)59)55-57-53(39-19-8-3-9-20-39)56-54(58-55)45-30-29-42-33-41(27-28-43(42)35-45)38-17-6-2-7-18-38/h1-36H. The van der Waals surface area contributed by atoms with Gasteiger partial charge in [0.1, 0.15) is 0 Å². The molecule has 0 aliphatic carbocycles. The molecule has 0 N–H and O–H groups in total. The molecule has 0 amide bonds. The van der Waals surface area contributed by atoms with Crippen LogP contribution in [0.25, 0.3) is 106 Å². The van der Waals surface area contributed by atoms with Crippen molar-refractivity contribution in [3.63, 3.8) is 0 Å². The number of fused-ring (bicyclic) bond motifs is 4. The van der Waals surface area contributed by atoms with Crippen molar-refractivity contribution < 1.29 is 0 Å². The number of nitrogens with zero attached hydrogens (tertiary/aromatic N) is 4. The van der Waals surface area contributed by atoms with Crippen molar-refractivity contribution in [2.75, 3.05) is 0 Å². The average Bonchev–Trinajstić information content (AvgIpc) is 3.66. The molecular formula is C55H36N4. The molecule has 0 bridgehead atoms. The second kappa shape index (κ2) is 14.5. The highest BCUT2D eigenvalue weighted by molar-refractivity contribution is 6.10. The first-order chi connectivity index (χ1) is 29.2. The maximum atomic E-state index is 5.24. The van der Waals surface area contributed by atoms with Gasteiger partial charge in [-0.3, -0.25) is 0 Å². The van der Waals surface area contributed by atoms with Crippen LogP contribution in [0, 0.1) is 0 Å². The average molecular weight is 753 g/mol. The molecule has 0 saturated carbocycles. The Bertz CT molecular complexity index is 3260. The molecule has 0 radical (unpaired) electrons. The van der Waals surface area contributed by atoms with Crippen LogP contribution in [0.4, 0.5) is 0 Å². The van der Waals surface area contributed by atoms with Gasteiger partial charge in [0.25, 0.3) is 0 Å². The Balaban J connectivity index is 1.11. The molecular weight excluding hydrogens is 717 g/mol. The second-order valence-electron chi connectivity index (χ2n) is 14.9. The number of benzene rings is 9. The highest BCUT2D eigenvalue weighted by Crippen LogP contribution is 2.39. The van der Waals surface area contributed by atoms with Gasteiger partial charge in [-0.15, -0.1) is 0 Å². The van der Waals surface area contributed by atoms with Gasteiger partial charge in [-0.1, -0.05) is 182 Å². The number of para-hydroxylation sites is 2. The monoisotopic (exact) mass is 752 g/mol. The molecule has 59 heavy (non-hydrogen) atoms. The van der Waals surface area contributed by atoms with Crippen LogP contribution < -0.4 is 0 Å². The quantitative estimate of drug-likeness (QED) is 0.163. The Morgan fingerprint density at radius 3 is 1.31 bits per heavy atom. The first kappa shape index (κ1) is 34.3. The van der Waals surface area contributed by atoms with E-state index in [0.29, 0.717) is 17.5 Å². The van der Waals surface area contributed by atoms with Crippen molar-refractivity contribution in [1.29, 1.82) is 0 Å². The van der Waals surface area contributed by atoms with Crippen molar-refractivity contribution in [1.82, 2.24) is 19.5 Å². The lowest BCUT2D eigenvalue weighted by Crippen LogP contribution is -2.02. The number of aromatic nitrogens is 4. The smallest absolute Gasteiger partial charge is 0.164 e. The van der Waals surface area contributed by atoms with Crippen molar-refractivity contribution in [3.8, 4) is 73.2 Å². The van der Waals surface area contributed by atoms with E-state index in [1.807, 2.05) is 24.3 Å². The van der Waals surface area contributed by atoms with Crippen molar-refractivity contribution >= 4 is 32.6 Å². The van der Waals surface area contributed by atoms with Crippen LogP contribution in [0.2, 0.25) is 0 Å². The molecule has 4 heteroatoms. The van der Waals surface area contributed by atoms with Crippen LogP contribution in [0.15, 0.2) is 218 Å². The molecule has 2 aromatic heterocycles. The predicted molar refractivity (Wildman–Crippen MR) is 244 cm³/mol. The van der Waals surface area contributed by atoms with Gasteiger partial charge >= 0.3 is 0 Å². The summed E-state index contributed by atoms with van der Waals surface area (Å²) in [4.78, 5) is 15.5. The van der Waals surface area contributed by atoms with Crippen LogP contribution in [0.5, 0.6) is 0 Å². The molecule has 0 saturated heterocycles. The zero-order valence-corrected chi connectivity index (χ0v) is 32.1. The van der Waals surface area contributed by atoms with Gasteiger partial charge in [0.2, 0.25) is 0 Å². The molecule has 0 unspecified atom stereocenters. The Morgan fingerprint density at radius 1 is 0.271 bits per heavy atom. The number of hydrogen-bond donors (Lipinski definition) is 0. The summed E-state index contributed by atoms with van der Waals surface area (Å²) in [5.41, 5.74) is 13.1. The number of hydrogen-bond acceptors (Lipinski definition) is 3. The van der Waals surface area contributed by atoms with Gasteiger partial charge in [0.15, 0.2) is 17.5 Å². The van der Waals surface area contributed by atoms with Crippen LogP contribution in [-0.2, 0) is 0 Å². The van der Waals surface area contributed by atoms with Gasteiger partial charge < -0.3 is 4.57 Å². The van der Waals surface area contributed by atoms with Gasteiger partial charge in [-0.2, -0.15) is 0 Å². The topological polar surface area (TPSA) is 43.6 Å². The van der Waals surface area contributed by atoms with E-state index in [0.717, 1.165) is 55.3 Å². The maximum Gasteiger partial charge on any atom is 0.164 e. The molecule has 2 heterocycles. The molecule has 11 rings (SSSR count). The molecule has 4 nitrogen and oxygen atoms in total. The highest BCUT2D eigenvalue weighted by atomic mass is 15.0. The third kappa shape index (κ3) is 6.34. The van der Waals surface area contributed by atoms with Crippen LogP contribution >= 0.6 is 0 Å². The normalized spacial score (nSPS) is 11.4. The zero-order valence-electron chi connectivity index (χ0n) is 32.1. The molecule has 0 aliphatic rings. The lowest BCUT2D eigenvalue weighted by atomic mass is 9.96. The van der Waals surface area contributed by atoms with Crippen LogP contribution in [-0.4, -0.2) is 19.5 Å². The van der Waals surface area contributed by atoms with E-state index in [9.17, 15) is 0 Å². The minimum absolute atomic E-state index is 0.611. The van der Waals surface area contributed by atoms with Crippen molar-refractivity contribution in [2.45, 2.75) is 0 Å². The van der Waals surface area contributed by atoms with Crippen molar-refractivity contribution in [3.05, 3.63) is 218 Å². The summed E-state index contributed by atoms with van der Waals surface area (Å²) in [6.07, 6.45) is 0. The van der Waals surface area contributed by atoms with E-state index in [-0.39, 0.29) is 0 Å². The predicted octanol–water partition coefficient (Wildman–Crippen LogP) is 14.1. The fraction of sp³-hybridized carbons (Fsp3) is 0. The Kier molecular flexibility index (Phi) is 8.45. The van der Waals surface area contributed by atoms with E-state index in [2.05, 4.69) is 199 Å². The third-order valence-electron chi connectivity index (χ3n) is 11.2. The summed E-state index contributed by atoms with van der Waals surface area (Å²) < 4.78 is 2.39. The molecule has 276 valence electrons. The highest BCUT2D eigenvalue weighted by Gasteiger charge is 2.19. The summed E-state index contributed by atoms with van der Waals surface area (Å²) >= 11 is 0. The SMILES string of the molecule is c1ccc(-c2cccc(-c3ccc(-c4nc(-c5ccccc5)nc(-c5ccc6cc(-c7ccccc7)ccc6c5)n4)cc3-n3c4ccccc4c4ccccc43)c2)cc1. The molecule has 0 aliphatic heterocycles. The molecule has 0 atom stereocenters. The minimum atomic E-state index is 0.611. The lowest BCUT2D eigenvalue weighted by molar-refractivity contribution is 1.07. The van der Waals surface area contributed by atoms with Crippen LogP contribution in [0.1, 0.15) is 0 Å². The summed E-state index contributed by atoms with van der Waals surface area (Å²) in [6.45, 7) is 0. The summed E-state index contributed by atoms with van der Waals surface area (Å²) in [5, 5.41) is 4.70. The molecule has 0 fully saturated rings. The van der Waals surface area contributed by atoms with E-state index < -0.39 is 0 Å². The molecule has 11 aromatic rings. The van der Waals surface area contributed by atoms with Gasteiger partial charge in [0, 0.05) is 33.0 Å². The summed E-state index contributed by atoms with van der Waals surface area (Å²) in [5.74, 6) is 1.86. The fourth-order valence-corrected chi connectivity index (χ4v) is 8.32. The van der Waals surface area contributed by atoms with E-state index >= 15 is 0 Å². The number of rotatable bonds is 7. The first-order valence-corrected chi connectivity index (χ1v) is 19.9. The van der Waals surface area contributed by atoms with E-state index in [1.165, 1.54) is 33.0 Å². The van der Waals surface area contributed by atoms with Gasteiger partial charge in [-0.05, 0) is 75.0 Å². The summed E-state index contributed by atoms with van der Waals surface area (Å²) in [6, 6.07) is 77.1. The summed E-state index contributed by atoms with van der Waals surface area (Å²) in [7, 11) is 0. The molecule has 9 aromatic carbocycles. The maximum absolute atomic E-state index is 5.24. The first-order valence-electron chi connectivity index (χ1n) is 19.9.